The summed E-state index contributed by atoms with van der Waals surface area (Å²) >= 11 is 1.59. The van der Waals surface area contributed by atoms with E-state index in [1.165, 1.54) is 0 Å². The third-order valence-electron chi connectivity index (χ3n) is 1.54. The van der Waals surface area contributed by atoms with Crippen LogP contribution in [0.4, 0.5) is 0 Å². The number of pyridine rings is 1. The van der Waals surface area contributed by atoms with Crippen LogP contribution in [0, 0.1) is 0 Å². The molecule has 0 aliphatic rings. The Kier molecular flexibility index (Phi) is 2.70. The zero-order valence-electron chi connectivity index (χ0n) is 6.94. The number of carboxylic acid groups (broad SMARTS) is 1. The Morgan fingerprint density at radius 2 is 2.25 bits per heavy atom. The molecule has 0 spiro atoms. The Balaban J connectivity index is 3.10. The summed E-state index contributed by atoms with van der Waals surface area (Å²) in [4.78, 5) is 10.5. The van der Waals surface area contributed by atoms with Gasteiger partial charge in [0.05, 0.1) is 0 Å². The fourth-order valence-corrected chi connectivity index (χ4v) is 1.48. The smallest absolute Gasteiger partial charge is 0.341 e. The van der Waals surface area contributed by atoms with E-state index < -0.39 is 5.97 Å². The van der Waals surface area contributed by atoms with Crippen LogP contribution in [-0.2, 0) is 7.05 Å². The van der Waals surface area contributed by atoms with E-state index >= 15 is 0 Å². The van der Waals surface area contributed by atoms with Crippen LogP contribution in [0.3, 0.4) is 0 Å². The lowest BCUT2D eigenvalue weighted by Crippen LogP contribution is -2.31. The Morgan fingerprint density at radius 1 is 1.58 bits per heavy atom. The van der Waals surface area contributed by atoms with E-state index in [4.69, 9.17) is 5.11 Å². The summed E-state index contributed by atoms with van der Waals surface area (Å²) in [5.74, 6) is -0.891. The van der Waals surface area contributed by atoms with Crippen molar-refractivity contribution in [3.05, 3.63) is 23.9 Å². The first-order chi connectivity index (χ1) is 5.65. The van der Waals surface area contributed by atoms with Crippen molar-refractivity contribution in [2.75, 3.05) is 6.26 Å². The first kappa shape index (κ1) is 9.06. The Labute approximate surface area is 75.0 Å². The number of carboxylic acids is 1. The lowest BCUT2D eigenvalue weighted by Gasteiger charge is -1.96. The molecule has 0 saturated heterocycles. The minimum Gasteiger partial charge on any atom is -0.477 e. The largest absolute Gasteiger partial charge is 0.477 e. The van der Waals surface area contributed by atoms with Crippen molar-refractivity contribution in [2.24, 2.45) is 7.05 Å². The first-order valence-corrected chi connectivity index (χ1v) is 4.64. The average molecular weight is 184 g/mol. The van der Waals surface area contributed by atoms with Crippen LogP contribution in [0.15, 0.2) is 23.4 Å². The van der Waals surface area contributed by atoms with Crippen molar-refractivity contribution in [3.8, 4) is 0 Å². The molecular weight excluding hydrogens is 174 g/mol. The molecule has 4 heteroatoms. The molecule has 1 heterocycles. The summed E-state index contributed by atoms with van der Waals surface area (Å²) in [7, 11) is 1.83. The van der Waals surface area contributed by atoms with E-state index in [0.717, 1.165) is 5.03 Å². The summed E-state index contributed by atoms with van der Waals surface area (Å²) in [5, 5.41) is 9.69. The van der Waals surface area contributed by atoms with Crippen LogP contribution in [-0.4, -0.2) is 17.3 Å². The molecule has 3 nitrogen and oxygen atoms in total. The van der Waals surface area contributed by atoms with Crippen molar-refractivity contribution in [1.29, 1.82) is 0 Å². The molecule has 0 aromatic carbocycles. The highest BCUT2D eigenvalue weighted by Gasteiger charge is 2.10. The molecule has 1 aromatic rings. The van der Waals surface area contributed by atoms with Gasteiger partial charge in [-0.25, -0.2) is 4.79 Å². The van der Waals surface area contributed by atoms with Gasteiger partial charge in [-0.2, -0.15) is 4.57 Å². The molecule has 0 bridgehead atoms. The quantitative estimate of drug-likeness (QED) is 0.549. The summed E-state index contributed by atoms with van der Waals surface area (Å²) in [6, 6.07) is 3.41. The van der Waals surface area contributed by atoms with Crippen molar-refractivity contribution in [2.45, 2.75) is 5.03 Å². The van der Waals surface area contributed by atoms with Gasteiger partial charge in [0.15, 0.2) is 6.20 Å². The highest BCUT2D eigenvalue weighted by atomic mass is 32.2. The van der Waals surface area contributed by atoms with Crippen molar-refractivity contribution in [1.82, 2.24) is 0 Å². The lowest BCUT2D eigenvalue weighted by molar-refractivity contribution is -0.708. The normalized spacial score (nSPS) is 9.83. The van der Waals surface area contributed by atoms with Gasteiger partial charge in [-0.05, 0) is 12.3 Å². The van der Waals surface area contributed by atoms with E-state index in [1.54, 1.807) is 34.7 Å². The topological polar surface area (TPSA) is 41.2 Å². The van der Waals surface area contributed by atoms with Gasteiger partial charge >= 0.3 is 5.97 Å². The maximum absolute atomic E-state index is 10.5. The second kappa shape index (κ2) is 3.58. The van der Waals surface area contributed by atoms with Crippen LogP contribution >= 0.6 is 11.8 Å². The predicted octanol–water partition coefficient (Wildman–Crippen LogP) is 0.931. The number of rotatable bonds is 2. The van der Waals surface area contributed by atoms with E-state index in [2.05, 4.69) is 0 Å². The molecule has 0 aliphatic carbocycles. The number of aromatic carboxylic acids is 1. The predicted molar refractivity (Wildman–Crippen MR) is 46.4 cm³/mol. The monoisotopic (exact) mass is 184 g/mol. The van der Waals surface area contributed by atoms with Crippen LogP contribution < -0.4 is 4.57 Å². The minimum absolute atomic E-state index is 0.315. The third kappa shape index (κ3) is 1.76. The molecule has 0 unspecified atom stereocenters. The van der Waals surface area contributed by atoms with E-state index in [1.807, 2.05) is 13.3 Å². The van der Waals surface area contributed by atoms with E-state index in [0.29, 0.717) is 5.56 Å². The number of hydrogen-bond donors (Lipinski definition) is 1. The highest BCUT2D eigenvalue weighted by molar-refractivity contribution is 7.98. The first-order valence-electron chi connectivity index (χ1n) is 3.42. The van der Waals surface area contributed by atoms with Crippen molar-refractivity contribution >= 4 is 17.7 Å². The standard InChI is InChI=1S/C8H9NO2S/c1-9-5-6(8(10)11)3-4-7(9)12-2/h3-5H,1-2H3/p+1. The Bertz CT molecular complexity index is 312. The summed E-state index contributed by atoms with van der Waals surface area (Å²) in [5.41, 5.74) is 0.315. The van der Waals surface area contributed by atoms with Gasteiger partial charge in [-0.1, -0.05) is 11.8 Å². The van der Waals surface area contributed by atoms with Gasteiger partial charge in [-0.3, -0.25) is 0 Å². The average Bonchev–Trinajstić information content (AvgIpc) is 2.04. The van der Waals surface area contributed by atoms with Gasteiger partial charge in [-0.15, -0.1) is 0 Å². The fourth-order valence-electron chi connectivity index (χ4n) is 0.932. The van der Waals surface area contributed by atoms with Crippen LogP contribution in [0.5, 0.6) is 0 Å². The molecule has 1 N–H and O–H groups in total. The number of thioether (sulfide) groups is 1. The minimum atomic E-state index is -0.891. The highest BCUT2D eigenvalue weighted by Crippen LogP contribution is 2.08. The number of hydrogen-bond acceptors (Lipinski definition) is 2. The molecule has 1 rings (SSSR count). The van der Waals surface area contributed by atoms with Gasteiger partial charge in [0.25, 0.3) is 0 Å². The molecule has 0 fully saturated rings. The van der Waals surface area contributed by atoms with E-state index in [-0.39, 0.29) is 0 Å². The molecule has 0 radical (unpaired) electrons. The van der Waals surface area contributed by atoms with Gasteiger partial charge in [0.2, 0.25) is 5.03 Å². The fraction of sp³-hybridized carbons (Fsp3) is 0.250. The molecule has 64 valence electrons. The second-order valence-electron chi connectivity index (χ2n) is 2.38. The summed E-state index contributed by atoms with van der Waals surface area (Å²) in [6.07, 6.45) is 3.56. The van der Waals surface area contributed by atoms with Crippen molar-refractivity contribution < 1.29 is 14.5 Å². The molecule has 0 atom stereocenters. The molecule has 0 saturated carbocycles. The van der Waals surface area contributed by atoms with Crippen LogP contribution in [0.2, 0.25) is 0 Å². The SMILES string of the molecule is CSc1ccc(C(=O)O)c[n+]1C. The Hall–Kier alpha value is -1.03. The number of aromatic nitrogens is 1. The van der Waals surface area contributed by atoms with Gasteiger partial charge in [0.1, 0.15) is 12.6 Å². The summed E-state index contributed by atoms with van der Waals surface area (Å²) < 4.78 is 1.80. The molecular formula is C8H10NO2S+. The second-order valence-corrected chi connectivity index (χ2v) is 3.20. The number of carbonyl (C=O) groups is 1. The molecule has 0 aliphatic heterocycles. The summed E-state index contributed by atoms with van der Waals surface area (Å²) in [6.45, 7) is 0. The lowest BCUT2D eigenvalue weighted by atomic mass is 10.3. The zero-order chi connectivity index (χ0) is 9.14. The van der Waals surface area contributed by atoms with Gasteiger partial charge < -0.3 is 5.11 Å². The maximum Gasteiger partial charge on any atom is 0.341 e. The molecule has 1 aromatic heterocycles. The Morgan fingerprint density at radius 3 is 2.67 bits per heavy atom. The molecule has 12 heavy (non-hydrogen) atoms. The molecule has 0 amide bonds. The maximum atomic E-state index is 10.5. The van der Waals surface area contributed by atoms with E-state index in [9.17, 15) is 4.79 Å². The van der Waals surface area contributed by atoms with Crippen LogP contribution in [0.25, 0.3) is 0 Å². The van der Waals surface area contributed by atoms with Gasteiger partial charge in [0, 0.05) is 6.07 Å². The number of nitrogens with zero attached hydrogens (tertiary/aromatic N) is 1. The number of aryl methyl sites for hydroxylation is 1. The third-order valence-corrected chi connectivity index (χ3v) is 2.38. The van der Waals surface area contributed by atoms with Crippen molar-refractivity contribution in [3.63, 3.8) is 0 Å². The zero-order valence-corrected chi connectivity index (χ0v) is 7.76. The van der Waals surface area contributed by atoms with Crippen LogP contribution in [0.1, 0.15) is 10.4 Å².